The molecule has 0 amide bonds. The molecule has 1 aliphatic rings. The second kappa shape index (κ2) is 5.47. The fourth-order valence-corrected chi connectivity index (χ4v) is 2.24. The highest BCUT2D eigenvalue weighted by molar-refractivity contribution is 5.40. The molecule has 94 valence electrons. The lowest BCUT2D eigenvalue weighted by molar-refractivity contribution is 0.0386. The summed E-state index contributed by atoms with van der Waals surface area (Å²) >= 11 is 0. The van der Waals surface area contributed by atoms with Crippen LogP contribution in [0.2, 0.25) is 0 Å². The van der Waals surface area contributed by atoms with E-state index in [0.29, 0.717) is 18.3 Å². The summed E-state index contributed by atoms with van der Waals surface area (Å²) in [7, 11) is 1.75. The van der Waals surface area contributed by atoms with E-state index in [1.165, 1.54) is 6.07 Å². The third kappa shape index (κ3) is 3.17. The van der Waals surface area contributed by atoms with Crippen LogP contribution in [0.3, 0.4) is 0 Å². The molecule has 0 aromatic heterocycles. The van der Waals surface area contributed by atoms with Crippen molar-refractivity contribution in [2.24, 2.45) is 0 Å². The summed E-state index contributed by atoms with van der Waals surface area (Å²) in [6.07, 6.45) is 2.41. The van der Waals surface area contributed by atoms with Crippen LogP contribution < -0.4 is 5.73 Å². The fraction of sp³-hybridized carbons (Fsp3) is 0.538. The van der Waals surface area contributed by atoms with Gasteiger partial charge in [-0.2, -0.15) is 0 Å². The molecule has 17 heavy (non-hydrogen) atoms. The van der Waals surface area contributed by atoms with Crippen molar-refractivity contribution in [1.29, 1.82) is 0 Å². The van der Waals surface area contributed by atoms with Crippen molar-refractivity contribution in [3.8, 4) is 0 Å². The molecule has 1 aromatic rings. The number of likely N-dealkylation sites (tertiary alicyclic amines) is 1. The standard InChI is InChI=1S/C13H19FN2O/c1-17-12-4-6-16(7-5-12)9-10-2-3-11(15)8-13(10)14/h2-3,8,12H,4-7,9,15H2,1H3. The van der Waals surface area contributed by atoms with E-state index in [1.54, 1.807) is 19.2 Å². The number of hydrogen-bond acceptors (Lipinski definition) is 3. The Hall–Kier alpha value is -1.13. The van der Waals surface area contributed by atoms with E-state index >= 15 is 0 Å². The molecule has 4 heteroatoms. The topological polar surface area (TPSA) is 38.5 Å². The maximum atomic E-state index is 13.6. The van der Waals surface area contributed by atoms with E-state index in [0.717, 1.165) is 31.5 Å². The molecular formula is C13H19FN2O. The normalized spacial score (nSPS) is 18.5. The van der Waals surface area contributed by atoms with Gasteiger partial charge in [-0.1, -0.05) is 6.07 Å². The van der Waals surface area contributed by atoms with Crippen LogP contribution in [0.4, 0.5) is 10.1 Å². The van der Waals surface area contributed by atoms with Crippen LogP contribution in [0, 0.1) is 5.82 Å². The molecule has 0 spiro atoms. The first-order valence-electron chi connectivity index (χ1n) is 5.98. The maximum Gasteiger partial charge on any atom is 0.129 e. The Bertz CT molecular complexity index is 376. The molecule has 2 N–H and O–H groups in total. The van der Waals surface area contributed by atoms with Gasteiger partial charge in [0.1, 0.15) is 5.82 Å². The lowest BCUT2D eigenvalue weighted by Crippen LogP contribution is -2.36. The van der Waals surface area contributed by atoms with Crippen LogP contribution >= 0.6 is 0 Å². The van der Waals surface area contributed by atoms with E-state index < -0.39 is 0 Å². The average molecular weight is 238 g/mol. The number of nitrogens with two attached hydrogens (primary N) is 1. The summed E-state index contributed by atoms with van der Waals surface area (Å²) in [5, 5.41) is 0. The van der Waals surface area contributed by atoms with Crippen molar-refractivity contribution in [2.75, 3.05) is 25.9 Å². The van der Waals surface area contributed by atoms with Crippen LogP contribution in [0.15, 0.2) is 18.2 Å². The molecule has 0 bridgehead atoms. The highest BCUT2D eigenvalue weighted by Gasteiger charge is 2.19. The van der Waals surface area contributed by atoms with Crippen molar-refractivity contribution in [3.05, 3.63) is 29.6 Å². The van der Waals surface area contributed by atoms with Crippen LogP contribution in [0.25, 0.3) is 0 Å². The number of hydrogen-bond donors (Lipinski definition) is 1. The van der Waals surface area contributed by atoms with Crippen molar-refractivity contribution in [3.63, 3.8) is 0 Å². The first-order valence-corrected chi connectivity index (χ1v) is 5.98. The molecule has 1 saturated heterocycles. The summed E-state index contributed by atoms with van der Waals surface area (Å²) in [6, 6.07) is 4.91. The smallest absolute Gasteiger partial charge is 0.129 e. The van der Waals surface area contributed by atoms with E-state index in [1.807, 2.05) is 0 Å². The largest absolute Gasteiger partial charge is 0.399 e. The minimum Gasteiger partial charge on any atom is -0.399 e. The predicted molar refractivity (Wildman–Crippen MR) is 66.1 cm³/mol. The number of anilines is 1. The average Bonchev–Trinajstić information content (AvgIpc) is 2.34. The molecule has 0 unspecified atom stereocenters. The Labute approximate surface area is 101 Å². The fourth-order valence-electron chi connectivity index (χ4n) is 2.24. The lowest BCUT2D eigenvalue weighted by Gasteiger charge is -2.31. The van der Waals surface area contributed by atoms with Crippen LogP contribution in [0.1, 0.15) is 18.4 Å². The van der Waals surface area contributed by atoms with Crippen molar-refractivity contribution < 1.29 is 9.13 Å². The van der Waals surface area contributed by atoms with Crippen LogP contribution in [-0.4, -0.2) is 31.2 Å². The molecule has 1 aromatic carbocycles. The zero-order valence-corrected chi connectivity index (χ0v) is 10.2. The van der Waals surface area contributed by atoms with Gasteiger partial charge < -0.3 is 10.5 Å². The number of halogens is 1. The first kappa shape index (κ1) is 12.3. The van der Waals surface area contributed by atoms with Gasteiger partial charge in [0, 0.05) is 38.0 Å². The summed E-state index contributed by atoms with van der Waals surface area (Å²) < 4.78 is 18.9. The zero-order chi connectivity index (χ0) is 12.3. The van der Waals surface area contributed by atoms with Crippen LogP contribution in [0.5, 0.6) is 0 Å². The van der Waals surface area contributed by atoms with Crippen LogP contribution in [-0.2, 0) is 11.3 Å². The van der Waals surface area contributed by atoms with Gasteiger partial charge in [-0.25, -0.2) is 4.39 Å². The van der Waals surface area contributed by atoms with E-state index in [-0.39, 0.29) is 5.82 Å². The first-order chi connectivity index (χ1) is 8.19. The number of piperidine rings is 1. The third-order valence-corrected chi connectivity index (χ3v) is 3.34. The van der Waals surface area contributed by atoms with Gasteiger partial charge in [0.25, 0.3) is 0 Å². The molecule has 2 rings (SSSR count). The molecule has 1 aliphatic heterocycles. The quantitative estimate of drug-likeness (QED) is 0.819. The maximum absolute atomic E-state index is 13.6. The molecule has 0 atom stereocenters. The molecule has 1 heterocycles. The summed E-state index contributed by atoms with van der Waals surface area (Å²) in [4.78, 5) is 2.25. The van der Waals surface area contributed by atoms with Gasteiger partial charge in [-0.15, -0.1) is 0 Å². The summed E-state index contributed by atoms with van der Waals surface area (Å²) in [5.41, 5.74) is 6.72. The van der Waals surface area contributed by atoms with Gasteiger partial charge in [-0.3, -0.25) is 4.90 Å². The second-order valence-corrected chi connectivity index (χ2v) is 4.56. The Morgan fingerprint density at radius 3 is 2.71 bits per heavy atom. The summed E-state index contributed by atoms with van der Waals surface area (Å²) in [5.74, 6) is -0.209. The number of nitrogens with zero attached hydrogens (tertiary/aromatic N) is 1. The van der Waals surface area contributed by atoms with Gasteiger partial charge in [0.2, 0.25) is 0 Å². The van der Waals surface area contributed by atoms with Crippen molar-refractivity contribution in [1.82, 2.24) is 4.90 Å². The van der Waals surface area contributed by atoms with Gasteiger partial charge in [0.05, 0.1) is 6.10 Å². The number of rotatable bonds is 3. The highest BCUT2D eigenvalue weighted by atomic mass is 19.1. The minimum absolute atomic E-state index is 0.209. The van der Waals surface area contributed by atoms with E-state index in [4.69, 9.17) is 10.5 Å². The van der Waals surface area contributed by atoms with Gasteiger partial charge in [0.15, 0.2) is 0 Å². The summed E-state index contributed by atoms with van der Waals surface area (Å²) in [6.45, 7) is 2.58. The molecule has 0 aliphatic carbocycles. The highest BCUT2D eigenvalue weighted by Crippen LogP contribution is 2.18. The number of benzene rings is 1. The van der Waals surface area contributed by atoms with Gasteiger partial charge in [-0.05, 0) is 25.0 Å². The SMILES string of the molecule is COC1CCN(Cc2ccc(N)cc2F)CC1. The van der Waals surface area contributed by atoms with E-state index in [2.05, 4.69) is 4.90 Å². The molecule has 3 nitrogen and oxygen atoms in total. The van der Waals surface area contributed by atoms with Crippen molar-refractivity contribution >= 4 is 5.69 Å². The Balaban J connectivity index is 1.93. The number of ether oxygens (including phenoxy) is 1. The second-order valence-electron chi connectivity index (χ2n) is 4.56. The molecule has 0 saturated carbocycles. The number of nitrogen functional groups attached to an aromatic ring is 1. The zero-order valence-electron chi connectivity index (χ0n) is 10.2. The van der Waals surface area contributed by atoms with Gasteiger partial charge >= 0.3 is 0 Å². The lowest BCUT2D eigenvalue weighted by atomic mass is 10.1. The Kier molecular flexibility index (Phi) is 3.97. The predicted octanol–water partition coefficient (Wildman–Crippen LogP) is 2.02. The van der Waals surface area contributed by atoms with E-state index in [9.17, 15) is 4.39 Å². The van der Waals surface area contributed by atoms with Crippen molar-refractivity contribution in [2.45, 2.75) is 25.5 Å². The monoisotopic (exact) mass is 238 g/mol. The molecule has 1 fully saturated rings. The molecule has 0 radical (unpaired) electrons. The third-order valence-electron chi connectivity index (χ3n) is 3.34. The number of methoxy groups -OCH3 is 1. The molecular weight excluding hydrogens is 219 g/mol. The Morgan fingerprint density at radius 1 is 1.41 bits per heavy atom. The minimum atomic E-state index is -0.209. The Morgan fingerprint density at radius 2 is 2.12 bits per heavy atom.